The van der Waals surface area contributed by atoms with Crippen LogP contribution in [0.1, 0.15) is 24.8 Å². The molecule has 3 N–H and O–H groups in total. The summed E-state index contributed by atoms with van der Waals surface area (Å²) in [6.45, 7) is 2.49. The fraction of sp³-hybridized carbons (Fsp3) is 0.562. The van der Waals surface area contributed by atoms with Crippen molar-refractivity contribution in [1.29, 1.82) is 0 Å². The van der Waals surface area contributed by atoms with Crippen LogP contribution < -0.4 is 10.6 Å². The summed E-state index contributed by atoms with van der Waals surface area (Å²) in [6, 6.07) is 3.62. The molecule has 1 heterocycles. The van der Waals surface area contributed by atoms with E-state index in [1.807, 2.05) is 0 Å². The van der Waals surface area contributed by atoms with Crippen LogP contribution in [0.5, 0.6) is 0 Å². The molecule has 1 saturated heterocycles. The second-order valence-electron chi connectivity index (χ2n) is 5.93. The van der Waals surface area contributed by atoms with Crippen molar-refractivity contribution < 1.29 is 23.1 Å². The Kier molecular flexibility index (Phi) is 6.44. The van der Waals surface area contributed by atoms with Crippen molar-refractivity contribution in [3.05, 3.63) is 29.8 Å². The topological polar surface area (TPSA) is 64.6 Å². The molecule has 8 heteroatoms. The zero-order valence-electron chi connectivity index (χ0n) is 13.3. The molecule has 1 aliphatic heterocycles. The van der Waals surface area contributed by atoms with Gasteiger partial charge < -0.3 is 20.6 Å². The van der Waals surface area contributed by atoms with Crippen LogP contribution >= 0.6 is 0 Å². The SMILES string of the molecule is O=C(NC[C@H](O)CN1CCCCC1)Nc1ccc(C(F)(F)F)cc1. The maximum absolute atomic E-state index is 12.5. The highest BCUT2D eigenvalue weighted by Gasteiger charge is 2.30. The zero-order chi connectivity index (χ0) is 17.6. The number of nitrogens with one attached hydrogen (secondary N) is 2. The van der Waals surface area contributed by atoms with Gasteiger partial charge in [0.25, 0.3) is 0 Å². The number of aliphatic hydroxyl groups is 1. The van der Waals surface area contributed by atoms with Gasteiger partial charge in [0.15, 0.2) is 0 Å². The minimum atomic E-state index is -4.40. The molecule has 1 fully saturated rings. The average molecular weight is 345 g/mol. The average Bonchev–Trinajstić information content (AvgIpc) is 2.53. The van der Waals surface area contributed by atoms with Gasteiger partial charge in [0.2, 0.25) is 0 Å². The third-order valence-electron chi connectivity index (χ3n) is 3.89. The number of carbonyl (C=O) groups is 1. The van der Waals surface area contributed by atoms with Crippen LogP contribution in [-0.4, -0.2) is 48.3 Å². The molecular formula is C16H22F3N3O2. The van der Waals surface area contributed by atoms with E-state index in [2.05, 4.69) is 15.5 Å². The first-order valence-corrected chi connectivity index (χ1v) is 7.97. The lowest BCUT2D eigenvalue weighted by molar-refractivity contribution is -0.137. The van der Waals surface area contributed by atoms with Gasteiger partial charge in [0, 0.05) is 18.8 Å². The number of hydrogen-bond donors (Lipinski definition) is 3. The number of urea groups is 1. The Hall–Kier alpha value is -1.80. The second kappa shape index (κ2) is 8.34. The van der Waals surface area contributed by atoms with E-state index in [4.69, 9.17) is 0 Å². The van der Waals surface area contributed by atoms with Gasteiger partial charge in [-0.15, -0.1) is 0 Å². The third-order valence-corrected chi connectivity index (χ3v) is 3.89. The van der Waals surface area contributed by atoms with Crippen LogP contribution in [-0.2, 0) is 6.18 Å². The molecule has 24 heavy (non-hydrogen) atoms. The number of carbonyl (C=O) groups excluding carboxylic acids is 1. The van der Waals surface area contributed by atoms with Crippen LogP contribution in [0.2, 0.25) is 0 Å². The molecule has 2 rings (SSSR count). The maximum Gasteiger partial charge on any atom is 0.416 e. The summed E-state index contributed by atoms with van der Waals surface area (Å²) in [6.07, 6.45) is -1.63. The number of hydrogen-bond acceptors (Lipinski definition) is 3. The van der Waals surface area contributed by atoms with Crippen LogP contribution in [0.3, 0.4) is 0 Å². The minimum Gasteiger partial charge on any atom is -0.390 e. The Bertz CT molecular complexity index is 528. The quantitative estimate of drug-likeness (QED) is 0.769. The van der Waals surface area contributed by atoms with Gasteiger partial charge in [-0.05, 0) is 50.2 Å². The van der Waals surface area contributed by atoms with Crippen molar-refractivity contribution in [1.82, 2.24) is 10.2 Å². The zero-order valence-corrected chi connectivity index (χ0v) is 13.3. The molecule has 1 aliphatic rings. The third kappa shape index (κ3) is 6.01. The second-order valence-corrected chi connectivity index (χ2v) is 5.93. The molecule has 2 amide bonds. The van der Waals surface area contributed by atoms with Gasteiger partial charge >= 0.3 is 12.2 Å². The van der Waals surface area contributed by atoms with Crippen molar-refractivity contribution in [3.63, 3.8) is 0 Å². The lowest BCUT2D eigenvalue weighted by atomic mass is 10.1. The Morgan fingerprint density at radius 3 is 2.38 bits per heavy atom. The molecule has 134 valence electrons. The van der Waals surface area contributed by atoms with Crippen molar-refractivity contribution in [3.8, 4) is 0 Å². The molecule has 0 radical (unpaired) electrons. The summed E-state index contributed by atoms with van der Waals surface area (Å²) < 4.78 is 37.4. The molecule has 0 aliphatic carbocycles. The summed E-state index contributed by atoms with van der Waals surface area (Å²) in [5, 5.41) is 14.9. The number of halogens is 3. The number of benzene rings is 1. The molecule has 0 bridgehead atoms. The number of rotatable bonds is 5. The van der Waals surface area contributed by atoms with Gasteiger partial charge in [-0.1, -0.05) is 6.42 Å². The van der Waals surface area contributed by atoms with Crippen LogP contribution in [0, 0.1) is 0 Å². The molecule has 5 nitrogen and oxygen atoms in total. The summed E-state index contributed by atoms with van der Waals surface area (Å²) in [4.78, 5) is 13.9. The lowest BCUT2D eigenvalue weighted by Gasteiger charge is -2.28. The van der Waals surface area contributed by atoms with E-state index in [1.54, 1.807) is 0 Å². The van der Waals surface area contributed by atoms with Gasteiger partial charge in [0.05, 0.1) is 11.7 Å². The van der Waals surface area contributed by atoms with E-state index in [0.717, 1.165) is 38.1 Å². The molecule has 0 aromatic heterocycles. The standard InChI is InChI=1S/C16H22F3N3O2/c17-16(18,19)12-4-6-13(7-5-12)21-15(24)20-10-14(23)11-22-8-2-1-3-9-22/h4-7,14,23H,1-3,8-11H2,(H2,20,21,24)/t14-/m0/s1. The summed E-state index contributed by atoms with van der Waals surface area (Å²) in [5.74, 6) is 0. The van der Waals surface area contributed by atoms with Crippen molar-refractivity contribution in [2.75, 3.05) is 31.5 Å². The van der Waals surface area contributed by atoms with E-state index in [-0.39, 0.29) is 12.2 Å². The molecule has 1 aromatic carbocycles. The predicted octanol–water partition coefficient (Wildman–Crippen LogP) is 2.67. The fourth-order valence-corrected chi connectivity index (χ4v) is 2.63. The molecule has 1 aromatic rings. The largest absolute Gasteiger partial charge is 0.416 e. The number of likely N-dealkylation sites (tertiary alicyclic amines) is 1. The molecule has 0 unspecified atom stereocenters. The van der Waals surface area contributed by atoms with E-state index in [0.29, 0.717) is 6.54 Å². The Morgan fingerprint density at radius 2 is 1.79 bits per heavy atom. The first-order valence-electron chi connectivity index (χ1n) is 7.97. The van der Waals surface area contributed by atoms with E-state index in [9.17, 15) is 23.1 Å². The molecular weight excluding hydrogens is 323 g/mol. The van der Waals surface area contributed by atoms with Crippen molar-refractivity contribution in [2.24, 2.45) is 0 Å². The van der Waals surface area contributed by atoms with Gasteiger partial charge in [-0.25, -0.2) is 4.79 Å². The van der Waals surface area contributed by atoms with Crippen molar-refractivity contribution >= 4 is 11.7 Å². The number of β-amino-alcohol motifs (C(OH)–C–C–N with tert-alkyl or cyclic N) is 1. The predicted molar refractivity (Wildman–Crippen MR) is 84.8 cm³/mol. The van der Waals surface area contributed by atoms with Gasteiger partial charge in [0.1, 0.15) is 0 Å². The highest BCUT2D eigenvalue weighted by atomic mass is 19.4. The van der Waals surface area contributed by atoms with E-state index < -0.39 is 23.9 Å². The first-order chi connectivity index (χ1) is 11.3. The lowest BCUT2D eigenvalue weighted by Crippen LogP contribution is -2.42. The molecule has 0 spiro atoms. The fourth-order valence-electron chi connectivity index (χ4n) is 2.63. The molecule has 0 saturated carbocycles. The van der Waals surface area contributed by atoms with Crippen molar-refractivity contribution in [2.45, 2.75) is 31.5 Å². The monoisotopic (exact) mass is 345 g/mol. The van der Waals surface area contributed by atoms with Gasteiger partial charge in [-0.2, -0.15) is 13.2 Å². The normalized spacial score (nSPS) is 17.3. The Morgan fingerprint density at radius 1 is 1.17 bits per heavy atom. The highest BCUT2D eigenvalue weighted by Crippen LogP contribution is 2.29. The number of anilines is 1. The summed E-state index contributed by atoms with van der Waals surface area (Å²) in [7, 11) is 0. The van der Waals surface area contributed by atoms with Gasteiger partial charge in [-0.3, -0.25) is 0 Å². The summed E-state index contributed by atoms with van der Waals surface area (Å²) >= 11 is 0. The van der Waals surface area contributed by atoms with E-state index in [1.165, 1.54) is 18.6 Å². The van der Waals surface area contributed by atoms with Crippen LogP contribution in [0.25, 0.3) is 0 Å². The number of amides is 2. The van der Waals surface area contributed by atoms with E-state index >= 15 is 0 Å². The minimum absolute atomic E-state index is 0.0863. The smallest absolute Gasteiger partial charge is 0.390 e. The molecule has 1 atom stereocenters. The number of piperidine rings is 1. The van der Waals surface area contributed by atoms with Crippen LogP contribution in [0.15, 0.2) is 24.3 Å². The Balaban J connectivity index is 1.72. The highest BCUT2D eigenvalue weighted by molar-refractivity contribution is 5.89. The summed E-state index contributed by atoms with van der Waals surface area (Å²) in [5.41, 5.74) is -0.517. The number of nitrogens with zero attached hydrogens (tertiary/aromatic N) is 1. The first kappa shape index (κ1) is 18.5. The number of aliphatic hydroxyl groups excluding tert-OH is 1. The Labute approximate surface area is 138 Å². The van der Waals surface area contributed by atoms with Crippen LogP contribution in [0.4, 0.5) is 23.7 Å². The number of alkyl halides is 3. The maximum atomic E-state index is 12.5.